The van der Waals surface area contributed by atoms with E-state index in [4.69, 9.17) is 11.4 Å². The molecule has 0 atom stereocenters. The molecule has 3 nitrogen and oxygen atoms in total. The molecular weight excluding hydrogens is 278 g/mol. The van der Waals surface area contributed by atoms with Crippen LogP contribution in [0.25, 0.3) is 16.2 Å². The smallest absolute Gasteiger partial charge is 0.140 e. The van der Waals surface area contributed by atoms with E-state index in [1.165, 1.54) is 0 Å². The number of terminal acetylenes is 1. The second kappa shape index (κ2) is 4.94. The number of anilines is 1. The van der Waals surface area contributed by atoms with Gasteiger partial charge in [0.1, 0.15) is 17.2 Å². The van der Waals surface area contributed by atoms with Crippen LogP contribution in [0.2, 0.25) is 0 Å². The summed E-state index contributed by atoms with van der Waals surface area (Å²) in [5.41, 5.74) is 2.66. The second-order valence-corrected chi connectivity index (χ2v) is 6.84. The molecule has 3 aromatic heterocycles. The zero-order chi connectivity index (χ0) is 15.0. The SMILES string of the molecule is C#Cc1ccsc1-c1nc2ccccn2c1NC(C)(C)C. The van der Waals surface area contributed by atoms with Gasteiger partial charge in [0.2, 0.25) is 0 Å². The van der Waals surface area contributed by atoms with Crippen LogP contribution < -0.4 is 5.32 Å². The number of rotatable bonds is 2. The van der Waals surface area contributed by atoms with Crippen molar-refractivity contribution in [3.05, 3.63) is 41.4 Å². The van der Waals surface area contributed by atoms with Crippen molar-refractivity contribution in [2.75, 3.05) is 5.32 Å². The van der Waals surface area contributed by atoms with Crippen LogP contribution >= 0.6 is 11.3 Å². The van der Waals surface area contributed by atoms with Crippen LogP contribution in [0.5, 0.6) is 0 Å². The van der Waals surface area contributed by atoms with E-state index in [1.807, 2.05) is 35.8 Å². The van der Waals surface area contributed by atoms with E-state index in [0.29, 0.717) is 0 Å². The molecular formula is C17H17N3S. The van der Waals surface area contributed by atoms with Crippen molar-refractivity contribution in [3.8, 4) is 22.9 Å². The molecule has 0 radical (unpaired) electrons. The third kappa shape index (κ3) is 2.53. The number of aromatic nitrogens is 2. The van der Waals surface area contributed by atoms with Crippen molar-refractivity contribution in [3.63, 3.8) is 0 Å². The van der Waals surface area contributed by atoms with Crippen molar-refractivity contribution < 1.29 is 0 Å². The van der Waals surface area contributed by atoms with Gasteiger partial charge in [-0.25, -0.2) is 4.98 Å². The first-order valence-corrected chi connectivity index (χ1v) is 7.67. The summed E-state index contributed by atoms with van der Waals surface area (Å²) in [6.07, 6.45) is 7.62. The van der Waals surface area contributed by atoms with Gasteiger partial charge in [0, 0.05) is 17.3 Å². The Hall–Kier alpha value is -2.25. The number of nitrogens with one attached hydrogen (secondary N) is 1. The molecule has 0 aromatic carbocycles. The van der Waals surface area contributed by atoms with E-state index < -0.39 is 0 Å². The van der Waals surface area contributed by atoms with Crippen molar-refractivity contribution in [1.29, 1.82) is 0 Å². The van der Waals surface area contributed by atoms with Gasteiger partial charge in [-0.2, -0.15) is 0 Å². The summed E-state index contributed by atoms with van der Waals surface area (Å²) in [5, 5.41) is 5.56. The summed E-state index contributed by atoms with van der Waals surface area (Å²) in [6, 6.07) is 7.96. The van der Waals surface area contributed by atoms with Crippen LogP contribution in [0, 0.1) is 12.3 Å². The molecule has 0 aliphatic rings. The minimum atomic E-state index is -0.0614. The molecule has 3 heterocycles. The standard InChI is InChI=1S/C17H17N3S/c1-5-12-9-11-21-15(12)14-16(19-17(2,3)4)20-10-7-6-8-13(20)18-14/h1,6-11,19H,2-4H3. The average Bonchev–Trinajstić information content (AvgIpc) is 3.01. The van der Waals surface area contributed by atoms with Crippen LogP contribution in [0.3, 0.4) is 0 Å². The van der Waals surface area contributed by atoms with Crippen LogP contribution in [0.1, 0.15) is 26.3 Å². The van der Waals surface area contributed by atoms with Crippen LogP contribution in [0.15, 0.2) is 35.8 Å². The quantitative estimate of drug-likeness (QED) is 0.716. The number of thiophene rings is 1. The first-order valence-electron chi connectivity index (χ1n) is 6.79. The lowest BCUT2D eigenvalue weighted by molar-refractivity contribution is 0.629. The van der Waals surface area contributed by atoms with Gasteiger partial charge in [-0.15, -0.1) is 17.8 Å². The Morgan fingerprint density at radius 2 is 2.10 bits per heavy atom. The monoisotopic (exact) mass is 295 g/mol. The summed E-state index contributed by atoms with van der Waals surface area (Å²) >= 11 is 1.62. The fraction of sp³-hybridized carbons (Fsp3) is 0.235. The summed E-state index contributed by atoms with van der Waals surface area (Å²) in [6.45, 7) is 6.40. The Balaban J connectivity index is 2.27. The summed E-state index contributed by atoms with van der Waals surface area (Å²) in [4.78, 5) is 5.80. The largest absolute Gasteiger partial charge is 0.365 e. The summed E-state index contributed by atoms with van der Waals surface area (Å²) in [5.74, 6) is 3.73. The van der Waals surface area contributed by atoms with Gasteiger partial charge in [0.05, 0.1) is 4.88 Å². The Labute approximate surface area is 128 Å². The molecule has 0 saturated carbocycles. The fourth-order valence-electron chi connectivity index (χ4n) is 2.24. The number of fused-ring (bicyclic) bond motifs is 1. The molecule has 21 heavy (non-hydrogen) atoms. The highest BCUT2D eigenvalue weighted by Crippen LogP contribution is 2.35. The highest BCUT2D eigenvalue weighted by atomic mass is 32.1. The Bertz CT molecular complexity index is 828. The molecule has 3 rings (SSSR count). The summed E-state index contributed by atoms with van der Waals surface area (Å²) < 4.78 is 2.07. The molecule has 0 unspecified atom stereocenters. The zero-order valence-corrected chi connectivity index (χ0v) is 13.2. The van der Waals surface area contributed by atoms with Gasteiger partial charge in [-0.1, -0.05) is 12.0 Å². The normalized spacial score (nSPS) is 11.5. The zero-order valence-electron chi connectivity index (χ0n) is 12.3. The molecule has 4 heteroatoms. The lowest BCUT2D eigenvalue weighted by atomic mass is 10.1. The van der Waals surface area contributed by atoms with Crippen molar-refractivity contribution in [1.82, 2.24) is 9.38 Å². The maximum atomic E-state index is 5.61. The Kier molecular flexibility index (Phi) is 3.23. The molecule has 0 aliphatic heterocycles. The first kappa shape index (κ1) is 13.7. The molecule has 0 saturated heterocycles. The highest BCUT2D eigenvalue weighted by Gasteiger charge is 2.21. The van der Waals surface area contributed by atoms with E-state index in [0.717, 1.165) is 27.6 Å². The van der Waals surface area contributed by atoms with E-state index in [-0.39, 0.29) is 5.54 Å². The third-order valence-corrected chi connectivity index (χ3v) is 3.98. The average molecular weight is 295 g/mol. The van der Waals surface area contributed by atoms with Crippen LogP contribution in [-0.4, -0.2) is 14.9 Å². The lowest BCUT2D eigenvalue weighted by Crippen LogP contribution is -2.27. The highest BCUT2D eigenvalue weighted by molar-refractivity contribution is 7.13. The number of hydrogen-bond donors (Lipinski definition) is 1. The van der Waals surface area contributed by atoms with Gasteiger partial charge in [0.25, 0.3) is 0 Å². The van der Waals surface area contributed by atoms with Gasteiger partial charge in [0.15, 0.2) is 0 Å². The molecule has 1 N–H and O–H groups in total. The maximum Gasteiger partial charge on any atom is 0.140 e. The maximum absolute atomic E-state index is 5.61. The van der Waals surface area contributed by atoms with Gasteiger partial charge >= 0.3 is 0 Å². The molecule has 0 fully saturated rings. The molecule has 0 spiro atoms. The van der Waals surface area contributed by atoms with Crippen LogP contribution in [-0.2, 0) is 0 Å². The lowest BCUT2D eigenvalue weighted by Gasteiger charge is -2.22. The molecule has 106 valence electrons. The number of hydrogen-bond acceptors (Lipinski definition) is 3. The van der Waals surface area contributed by atoms with Gasteiger partial charge in [-0.05, 0) is 44.4 Å². The second-order valence-electron chi connectivity index (χ2n) is 5.92. The van der Waals surface area contributed by atoms with E-state index >= 15 is 0 Å². The molecule has 0 bridgehead atoms. The number of nitrogens with zero attached hydrogens (tertiary/aromatic N) is 2. The predicted molar refractivity (Wildman–Crippen MR) is 89.8 cm³/mol. The minimum Gasteiger partial charge on any atom is -0.365 e. The van der Waals surface area contributed by atoms with Crippen molar-refractivity contribution in [2.45, 2.75) is 26.3 Å². The number of pyridine rings is 1. The van der Waals surface area contributed by atoms with Crippen molar-refractivity contribution >= 4 is 22.8 Å². The fourth-order valence-corrected chi connectivity index (χ4v) is 3.08. The topological polar surface area (TPSA) is 29.3 Å². The number of imidazole rings is 1. The van der Waals surface area contributed by atoms with Gasteiger partial charge < -0.3 is 5.32 Å². The Morgan fingerprint density at radius 1 is 1.29 bits per heavy atom. The van der Waals surface area contributed by atoms with Crippen molar-refractivity contribution in [2.24, 2.45) is 0 Å². The predicted octanol–water partition coefficient (Wildman–Crippen LogP) is 4.25. The van der Waals surface area contributed by atoms with Gasteiger partial charge in [-0.3, -0.25) is 4.40 Å². The molecule has 0 aliphatic carbocycles. The first-order chi connectivity index (χ1) is 9.99. The minimum absolute atomic E-state index is 0.0614. The third-order valence-electron chi connectivity index (χ3n) is 3.06. The van der Waals surface area contributed by atoms with E-state index in [9.17, 15) is 0 Å². The van der Waals surface area contributed by atoms with E-state index in [1.54, 1.807) is 11.3 Å². The Morgan fingerprint density at radius 3 is 2.81 bits per heavy atom. The molecule has 0 amide bonds. The summed E-state index contributed by atoms with van der Waals surface area (Å²) in [7, 11) is 0. The van der Waals surface area contributed by atoms with E-state index in [2.05, 4.69) is 36.4 Å². The van der Waals surface area contributed by atoms with Crippen LogP contribution in [0.4, 0.5) is 5.82 Å². The molecule has 3 aromatic rings.